The Morgan fingerprint density at radius 3 is 2.62 bits per heavy atom. The number of aromatic nitrogens is 2. The molecule has 0 aliphatic carbocycles. The molecule has 0 bridgehead atoms. The van der Waals surface area contributed by atoms with E-state index >= 15 is 0 Å². The van der Waals surface area contributed by atoms with Crippen LogP contribution in [0.5, 0.6) is 5.88 Å². The van der Waals surface area contributed by atoms with E-state index in [9.17, 15) is 0 Å². The Labute approximate surface area is 96.4 Å². The third kappa shape index (κ3) is 4.44. The van der Waals surface area contributed by atoms with Crippen molar-refractivity contribution in [2.24, 2.45) is 11.3 Å². The molecule has 0 saturated heterocycles. The van der Waals surface area contributed by atoms with Gasteiger partial charge in [-0.1, -0.05) is 20.8 Å². The first-order valence-electron chi connectivity index (χ1n) is 5.36. The molecular weight excluding hydrogens is 204 g/mol. The summed E-state index contributed by atoms with van der Waals surface area (Å²) >= 11 is 0. The van der Waals surface area contributed by atoms with Crippen LogP contribution in [0, 0.1) is 12.3 Å². The van der Waals surface area contributed by atoms with Gasteiger partial charge in [0.15, 0.2) is 0 Å². The van der Waals surface area contributed by atoms with Crippen molar-refractivity contribution in [3.05, 3.63) is 11.9 Å². The highest BCUT2D eigenvalue weighted by Crippen LogP contribution is 2.19. The van der Waals surface area contributed by atoms with Gasteiger partial charge in [-0.05, 0) is 18.8 Å². The van der Waals surface area contributed by atoms with Crippen LogP contribution in [0.4, 0.5) is 5.82 Å². The highest BCUT2D eigenvalue weighted by Gasteiger charge is 2.10. The number of anilines is 1. The Morgan fingerprint density at radius 2 is 2.06 bits per heavy atom. The number of nitrogens with zero attached hydrogens (tertiary/aromatic N) is 2. The Morgan fingerprint density at radius 1 is 1.38 bits per heavy atom. The van der Waals surface area contributed by atoms with Crippen molar-refractivity contribution in [1.29, 1.82) is 0 Å². The first kappa shape index (κ1) is 12.7. The van der Waals surface area contributed by atoms with Gasteiger partial charge in [-0.3, -0.25) is 0 Å². The van der Waals surface area contributed by atoms with E-state index in [1.165, 1.54) is 0 Å². The van der Waals surface area contributed by atoms with Crippen LogP contribution in [0.25, 0.3) is 0 Å². The van der Waals surface area contributed by atoms with Crippen molar-refractivity contribution in [2.45, 2.75) is 34.1 Å². The second kappa shape index (κ2) is 5.12. The lowest BCUT2D eigenvalue weighted by atomic mass is 9.93. The molecule has 0 fully saturated rings. The monoisotopic (exact) mass is 224 g/mol. The third-order valence-electron chi connectivity index (χ3n) is 2.06. The Bertz CT molecular complexity index is 346. The van der Waals surface area contributed by atoms with Crippen LogP contribution in [-0.2, 0) is 0 Å². The van der Waals surface area contributed by atoms with E-state index in [-0.39, 0.29) is 5.41 Å². The molecule has 16 heavy (non-hydrogen) atoms. The Kier molecular flexibility index (Phi) is 4.06. The average molecular weight is 224 g/mol. The summed E-state index contributed by atoms with van der Waals surface area (Å²) in [6.45, 7) is 8.97. The lowest BCUT2D eigenvalue weighted by Gasteiger charge is -2.17. The maximum absolute atomic E-state index is 5.56. The molecule has 1 heterocycles. The van der Waals surface area contributed by atoms with Gasteiger partial charge in [-0.2, -0.15) is 4.98 Å². The minimum absolute atomic E-state index is 0.261. The van der Waals surface area contributed by atoms with Crippen LogP contribution >= 0.6 is 0 Å². The van der Waals surface area contributed by atoms with E-state index in [0.29, 0.717) is 24.1 Å². The molecule has 5 heteroatoms. The Hall–Kier alpha value is -1.36. The first-order valence-corrected chi connectivity index (χ1v) is 5.36. The van der Waals surface area contributed by atoms with Gasteiger partial charge in [0.25, 0.3) is 0 Å². The molecule has 0 atom stereocenters. The van der Waals surface area contributed by atoms with Crippen LogP contribution in [-0.4, -0.2) is 16.6 Å². The molecule has 1 rings (SSSR count). The summed E-state index contributed by atoms with van der Waals surface area (Å²) in [5.74, 6) is 7.06. The predicted octanol–water partition coefficient (Wildman–Crippen LogP) is 1.89. The summed E-state index contributed by atoms with van der Waals surface area (Å²) in [5, 5.41) is 0. The number of ether oxygens (including phenoxy) is 1. The molecule has 0 aliphatic rings. The molecule has 1 aromatic rings. The lowest BCUT2D eigenvalue weighted by molar-refractivity contribution is 0.236. The fourth-order valence-electron chi connectivity index (χ4n) is 1.15. The summed E-state index contributed by atoms with van der Waals surface area (Å²) in [4.78, 5) is 8.25. The summed E-state index contributed by atoms with van der Waals surface area (Å²) in [6, 6.07) is 1.69. The van der Waals surface area contributed by atoms with E-state index in [4.69, 9.17) is 10.6 Å². The topological polar surface area (TPSA) is 73.1 Å². The maximum Gasteiger partial charge on any atom is 0.218 e. The number of nitrogens with one attached hydrogen (secondary N) is 1. The second-order valence-corrected chi connectivity index (χ2v) is 4.94. The van der Waals surface area contributed by atoms with Crippen LogP contribution in [0.1, 0.15) is 33.0 Å². The number of hydrogen-bond donors (Lipinski definition) is 2. The maximum atomic E-state index is 5.56. The van der Waals surface area contributed by atoms with Gasteiger partial charge < -0.3 is 10.2 Å². The minimum atomic E-state index is 0.261. The van der Waals surface area contributed by atoms with Gasteiger partial charge >= 0.3 is 0 Å². The SMILES string of the molecule is Cc1nc(NN)cc(OCCC(C)(C)C)n1. The zero-order chi connectivity index (χ0) is 12.2. The van der Waals surface area contributed by atoms with E-state index in [1.807, 2.05) is 0 Å². The van der Waals surface area contributed by atoms with E-state index < -0.39 is 0 Å². The van der Waals surface area contributed by atoms with Gasteiger partial charge in [0.05, 0.1) is 6.61 Å². The minimum Gasteiger partial charge on any atom is -0.478 e. The van der Waals surface area contributed by atoms with Crippen molar-refractivity contribution in [1.82, 2.24) is 9.97 Å². The molecule has 0 amide bonds. The predicted molar refractivity (Wildman–Crippen MR) is 64.1 cm³/mol. The molecule has 5 nitrogen and oxygen atoms in total. The molecular formula is C11H20N4O. The largest absolute Gasteiger partial charge is 0.478 e. The van der Waals surface area contributed by atoms with Gasteiger partial charge in [-0.15, -0.1) is 0 Å². The molecule has 0 saturated carbocycles. The molecule has 0 aliphatic heterocycles. The molecule has 0 spiro atoms. The van der Waals surface area contributed by atoms with Crippen LogP contribution in [0.15, 0.2) is 6.07 Å². The highest BCUT2D eigenvalue weighted by atomic mass is 16.5. The number of hydrazine groups is 1. The van der Waals surface area contributed by atoms with Crippen LogP contribution in [0.3, 0.4) is 0 Å². The molecule has 0 aromatic carbocycles. The average Bonchev–Trinajstić information content (AvgIpc) is 2.14. The lowest BCUT2D eigenvalue weighted by Crippen LogP contribution is -2.13. The van der Waals surface area contributed by atoms with E-state index in [0.717, 1.165) is 6.42 Å². The molecule has 90 valence electrons. The van der Waals surface area contributed by atoms with Crippen molar-refractivity contribution in [3.8, 4) is 5.88 Å². The number of rotatable bonds is 4. The third-order valence-corrected chi connectivity index (χ3v) is 2.06. The van der Waals surface area contributed by atoms with Crippen LogP contribution in [0.2, 0.25) is 0 Å². The second-order valence-electron chi connectivity index (χ2n) is 4.94. The quantitative estimate of drug-likeness (QED) is 0.603. The number of nitrogens with two attached hydrogens (primary N) is 1. The van der Waals surface area contributed by atoms with Crippen molar-refractivity contribution < 1.29 is 4.74 Å². The van der Waals surface area contributed by atoms with Gasteiger partial charge in [-0.25, -0.2) is 10.8 Å². The smallest absolute Gasteiger partial charge is 0.218 e. The number of nitrogen functional groups attached to an aromatic ring is 1. The van der Waals surface area contributed by atoms with Crippen molar-refractivity contribution in [3.63, 3.8) is 0 Å². The fourth-order valence-corrected chi connectivity index (χ4v) is 1.15. The number of hydrogen-bond acceptors (Lipinski definition) is 5. The zero-order valence-corrected chi connectivity index (χ0v) is 10.4. The van der Waals surface area contributed by atoms with Crippen LogP contribution < -0.4 is 16.0 Å². The first-order chi connectivity index (χ1) is 7.40. The molecule has 1 aromatic heterocycles. The fraction of sp³-hybridized carbons (Fsp3) is 0.636. The van der Waals surface area contributed by atoms with Gasteiger partial charge in [0.2, 0.25) is 5.88 Å². The van der Waals surface area contributed by atoms with E-state index in [2.05, 4.69) is 36.2 Å². The summed E-state index contributed by atoms with van der Waals surface area (Å²) in [7, 11) is 0. The molecule has 3 N–H and O–H groups in total. The summed E-state index contributed by atoms with van der Waals surface area (Å²) in [5.41, 5.74) is 2.74. The van der Waals surface area contributed by atoms with Crippen molar-refractivity contribution >= 4 is 5.82 Å². The number of aryl methyl sites for hydroxylation is 1. The summed E-state index contributed by atoms with van der Waals surface area (Å²) in [6.07, 6.45) is 0.974. The standard InChI is InChI=1S/C11H20N4O/c1-8-13-9(15-12)7-10(14-8)16-6-5-11(2,3)4/h7H,5-6,12H2,1-4H3,(H,13,14,15). The van der Waals surface area contributed by atoms with Crippen molar-refractivity contribution in [2.75, 3.05) is 12.0 Å². The molecule has 0 unspecified atom stereocenters. The van der Waals surface area contributed by atoms with Gasteiger partial charge in [0, 0.05) is 6.07 Å². The zero-order valence-electron chi connectivity index (χ0n) is 10.4. The molecule has 0 radical (unpaired) electrons. The summed E-state index contributed by atoms with van der Waals surface area (Å²) < 4.78 is 5.56. The van der Waals surface area contributed by atoms with E-state index in [1.54, 1.807) is 13.0 Å². The Balaban J connectivity index is 2.57. The van der Waals surface area contributed by atoms with Gasteiger partial charge in [0.1, 0.15) is 11.6 Å². The normalized spacial score (nSPS) is 11.3. The highest BCUT2D eigenvalue weighted by molar-refractivity contribution is 5.36.